The van der Waals surface area contributed by atoms with E-state index in [9.17, 15) is 0 Å². The van der Waals surface area contributed by atoms with Crippen LogP contribution >= 0.6 is 0 Å². The van der Waals surface area contributed by atoms with Crippen molar-refractivity contribution in [3.8, 4) is 0 Å². The molecule has 0 nitrogen and oxygen atoms in total. The molecule has 0 aliphatic heterocycles. The van der Waals surface area contributed by atoms with E-state index in [1.807, 2.05) is 0 Å². The average Bonchev–Trinajstić information content (AvgIpc) is 2.53. The van der Waals surface area contributed by atoms with Gasteiger partial charge in [0.1, 0.15) is 0 Å². The van der Waals surface area contributed by atoms with Crippen LogP contribution in [0.3, 0.4) is 0 Å². The van der Waals surface area contributed by atoms with Crippen molar-refractivity contribution in [3.05, 3.63) is 0 Å². The molecule has 1 atom stereocenters. The molecule has 0 aromatic heterocycles. The van der Waals surface area contributed by atoms with Gasteiger partial charge in [0.05, 0.1) is 0 Å². The van der Waals surface area contributed by atoms with Gasteiger partial charge in [0.15, 0.2) is 0 Å². The van der Waals surface area contributed by atoms with Gasteiger partial charge in [-0.1, -0.05) is 131 Å². The Balaban J connectivity index is 3.27. The first-order chi connectivity index (χ1) is 11.6. The normalized spacial score (nSPS) is 13.1. The highest BCUT2D eigenvalue weighted by Crippen LogP contribution is 2.26. The summed E-state index contributed by atoms with van der Waals surface area (Å²) < 4.78 is 0. The molecule has 0 aromatic rings. The molecule has 0 saturated heterocycles. The molecular weight excluding hydrogens is 288 g/mol. The van der Waals surface area contributed by atoms with Crippen molar-refractivity contribution in [3.63, 3.8) is 0 Å². The molecule has 0 fully saturated rings. The topological polar surface area (TPSA) is 0 Å². The molecule has 24 heavy (non-hydrogen) atoms. The van der Waals surface area contributed by atoms with Crippen LogP contribution in [0.15, 0.2) is 0 Å². The third kappa shape index (κ3) is 16.8. The fourth-order valence-corrected chi connectivity index (χ4v) is 3.93. The van der Waals surface area contributed by atoms with Gasteiger partial charge in [-0.15, -0.1) is 0 Å². The lowest BCUT2D eigenvalue weighted by atomic mass is 9.84. The van der Waals surface area contributed by atoms with Crippen molar-refractivity contribution in [1.29, 1.82) is 0 Å². The number of hydrogen-bond donors (Lipinski definition) is 0. The van der Waals surface area contributed by atoms with Crippen molar-refractivity contribution in [2.75, 3.05) is 0 Å². The van der Waals surface area contributed by atoms with Crippen LogP contribution in [-0.2, 0) is 0 Å². The first-order valence-electron chi connectivity index (χ1n) is 11.6. The van der Waals surface area contributed by atoms with Crippen LogP contribution in [0.5, 0.6) is 0 Å². The molecule has 0 aromatic carbocycles. The number of hydrogen-bond acceptors (Lipinski definition) is 0. The molecule has 0 bridgehead atoms. The van der Waals surface area contributed by atoms with Crippen molar-refractivity contribution in [1.82, 2.24) is 0 Å². The van der Waals surface area contributed by atoms with E-state index in [1.165, 1.54) is 103 Å². The zero-order valence-electron chi connectivity index (χ0n) is 18.0. The Hall–Kier alpha value is 0. The summed E-state index contributed by atoms with van der Waals surface area (Å²) in [6, 6.07) is 0. The summed E-state index contributed by atoms with van der Waals surface area (Å²) in [5, 5.41) is 0. The van der Waals surface area contributed by atoms with E-state index < -0.39 is 0 Å². The van der Waals surface area contributed by atoms with Crippen LogP contribution in [0.25, 0.3) is 0 Å². The maximum Gasteiger partial charge on any atom is -0.0389 e. The Morgan fingerprint density at radius 2 is 0.875 bits per heavy atom. The van der Waals surface area contributed by atoms with Gasteiger partial charge in [0.25, 0.3) is 0 Å². The third-order valence-electron chi connectivity index (χ3n) is 5.65. The summed E-state index contributed by atoms with van der Waals surface area (Å²) in [6.07, 6.45) is 23.4. The predicted molar refractivity (Wildman–Crippen MR) is 113 cm³/mol. The Morgan fingerprint density at radius 1 is 0.500 bits per heavy atom. The Labute approximate surface area is 155 Å². The molecular formula is C24H50. The summed E-state index contributed by atoms with van der Waals surface area (Å²) in [5.41, 5.74) is 0. The lowest BCUT2D eigenvalue weighted by Gasteiger charge is -2.22. The number of unbranched alkanes of at least 4 members (excludes halogenated alkanes) is 13. The molecule has 0 spiro atoms. The molecule has 0 rings (SSSR count). The summed E-state index contributed by atoms with van der Waals surface area (Å²) in [5.74, 6) is 2.70. The second kappa shape index (κ2) is 17.8. The van der Waals surface area contributed by atoms with Gasteiger partial charge in [0, 0.05) is 0 Å². The molecule has 0 N–H and O–H groups in total. The molecule has 0 saturated carbocycles. The second-order valence-electron chi connectivity index (χ2n) is 9.02. The largest absolute Gasteiger partial charge is 0.0654 e. The van der Waals surface area contributed by atoms with E-state index in [4.69, 9.17) is 0 Å². The standard InChI is InChI=1S/C24H50/c1-6-7-8-9-10-11-12-13-14-15-16-17-18-19-20-24(23(4)5)21-22(2)3/h22-24H,6-21H2,1-5H3. The summed E-state index contributed by atoms with van der Waals surface area (Å²) >= 11 is 0. The Morgan fingerprint density at radius 3 is 1.21 bits per heavy atom. The van der Waals surface area contributed by atoms with Crippen LogP contribution in [0.2, 0.25) is 0 Å². The highest BCUT2D eigenvalue weighted by Gasteiger charge is 2.14. The van der Waals surface area contributed by atoms with Crippen LogP contribution in [0.4, 0.5) is 0 Å². The lowest BCUT2D eigenvalue weighted by Crippen LogP contribution is -2.11. The summed E-state index contributed by atoms with van der Waals surface area (Å²) in [6.45, 7) is 11.9. The minimum atomic E-state index is 0.865. The molecule has 0 aliphatic carbocycles. The van der Waals surface area contributed by atoms with E-state index in [0.29, 0.717) is 0 Å². The van der Waals surface area contributed by atoms with Gasteiger partial charge in [-0.25, -0.2) is 0 Å². The monoisotopic (exact) mass is 338 g/mol. The Kier molecular flexibility index (Phi) is 17.8. The average molecular weight is 339 g/mol. The van der Waals surface area contributed by atoms with Crippen molar-refractivity contribution >= 4 is 0 Å². The third-order valence-corrected chi connectivity index (χ3v) is 5.65. The SMILES string of the molecule is CCCCCCCCCCCCCCCCC(CC(C)C)C(C)C. The first kappa shape index (κ1) is 24.0. The van der Waals surface area contributed by atoms with Gasteiger partial charge in [0.2, 0.25) is 0 Å². The summed E-state index contributed by atoms with van der Waals surface area (Å²) in [7, 11) is 0. The van der Waals surface area contributed by atoms with Crippen molar-refractivity contribution < 1.29 is 0 Å². The van der Waals surface area contributed by atoms with Gasteiger partial charge < -0.3 is 0 Å². The van der Waals surface area contributed by atoms with Crippen LogP contribution in [-0.4, -0.2) is 0 Å². The fourth-order valence-electron chi connectivity index (χ4n) is 3.93. The van der Waals surface area contributed by atoms with Crippen molar-refractivity contribution in [2.45, 2.75) is 137 Å². The smallest absolute Gasteiger partial charge is 0.0389 e. The van der Waals surface area contributed by atoms with Crippen LogP contribution in [0, 0.1) is 17.8 Å². The molecule has 0 heterocycles. The quantitative estimate of drug-likeness (QED) is 0.218. The van der Waals surface area contributed by atoms with E-state index in [-0.39, 0.29) is 0 Å². The van der Waals surface area contributed by atoms with Crippen LogP contribution in [0.1, 0.15) is 137 Å². The van der Waals surface area contributed by atoms with E-state index in [2.05, 4.69) is 34.6 Å². The first-order valence-corrected chi connectivity index (χ1v) is 11.6. The van der Waals surface area contributed by atoms with Gasteiger partial charge in [-0.05, 0) is 24.2 Å². The molecule has 0 radical (unpaired) electrons. The fraction of sp³-hybridized carbons (Fsp3) is 1.00. The van der Waals surface area contributed by atoms with Gasteiger partial charge in [-0.3, -0.25) is 0 Å². The van der Waals surface area contributed by atoms with Gasteiger partial charge >= 0.3 is 0 Å². The highest BCUT2D eigenvalue weighted by molar-refractivity contribution is 4.65. The van der Waals surface area contributed by atoms with E-state index in [0.717, 1.165) is 17.8 Å². The Bertz CT molecular complexity index is 228. The molecule has 0 amide bonds. The second-order valence-corrected chi connectivity index (χ2v) is 9.02. The maximum atomic E-state index is 2.41. The minimum absolute atomic E-state index is 0.865. The van der Waals surface area contributed by atoms with E-state index in [1.54, 1.807) is 0 Å². The maximum absolute atomic E-state index is 2.41. The van der Waals surface area contributed by atoms with E-state index >= 15 is 0 Å². The van der Waals surface area contributed by atoms with Crippen molar-refractivity contribution in [2.24, 2.45) is 17.8 Å². The molecule has 146 valence electrons. The minimum Gasteiger partial charge on any atom is -0.0654 e. The zero-order valence-corrected chi connectivity index (χ0v) is 18.0. The molecule has 0 aliphatic rings. The van der Waals surface area contributed by atoms with Gasteiger partial charge in [-0.2, -0.15) is 0 Å². The zero-order chi connectivity index (χ0) is 18.0. The lowest BCUT2D eigenvalue weighted by molar-refractivity contribution is 0.289. The summed E-state index contributed by atoms with van der Waals surface area (Å²) in [4.78, 5) is 0. The molecule has 1 unspecified atom stereocenters. The predicted octanol–water partition coefficient (Wildman–Crippen LogP) is 9.18. The molecule has 0 heteroatoms. The number of rotatable bonds is 18. The van der Waals surface area contributed by atoms with Crippen LogP contribution < -0.4 is 0 Å². The highest BCUT2D eigenvalue weighted by atomic mass is 14.2.